The lowest BCUT2D eigenvalue weighted by Crippen LogP contribution is -2.47. The zero-order valence-corrected chi connectivity index (χ0v) is 20.7. The summed E-state index contributed by atoms with van der Waals surface area (Å²) < 4.78 is 0. The Kier molecular flexibility index (Phi) is 6.32. The number of allylic oxidation sites excluding steroid dienone is 2. The van der Waals surface area contributed by atoms with Crippen LogP contribution in [0.15, 0.2) is 11.1 Å². The van der Waals surface area contributed by atoms with Gasteiger partial charge in [0.1, 0.15) is 0 Å². The Morgan fingerprint density at radius 3 is 2.45 bits per heavy atom. The van der Waals surface area contributed by atoms with Crippen LogP contribution in [0, 0.1) is 46.3 Å². The molecule has 0 saturated heterocycles. The van der Waals surface area contributed by atoms with Crippen LogP contribution in [0.5, 0.6) is 0 Å². The van der Waals surface area contributed by atoms with E-state index in [1.165, 1.54) is 77.0 Å². The van der Waals surface area contributed by atoms with Gasteiger partial charge in [0.2, 0.25) is 0 Å². The lowest BCUT2D eigenvalue weighted by Gasteiger charge is -2.57. The summed E-state index contributed by atoms with van der Waals surface area (Å²) in [5, 5.41) is 0. The summed E-state index contributed by atoms with van der Waals surface area (Å²) in [6.07, 6.45) is 19.2. The fourth-order valence-corrected chi connectivity index (χ4v) is 8.95. The Labute approximate surface area is 182 Å². The molecule has 4 aliphatic carbocycles. The molecule has 0 amide bonds. The highest BCUT2D eigenvalue weighted by atomic mass is 14.6. The first-order valence-electron chi connectivity index (χ1n) is 13.5. The van der Waals surface area contributed by atoms with Crippen LogP contribution in [-0.2, 0) is 0 Å². The molecule has 166 valence electrons. The van der Waals surface area contributed by atoms with Crippen molar-refractivity contribution in [1.82, 2.24) is 0 Å². The zero-order chi connectivity index (χ0) is 20.8. The van der Waals surface area contributed by atoms with Crippen LogP contribution in [0.4, 0.5) is 0 Å². The molecule has 3 fully saturated rings. The first kappa shape index (κ1) is 22.0. The SMILES string of the molecule is CCC1CC[C@@]2(C)C(CCC3=C4CC[C@H]([C@H](C)CCCC(C)C)[C@@]4(C)CC[C@@H]32)C1. The Balaban J connectivity index is 1.52. The Morgan fingerprint density at radius 2 is 1.72 bits per heavy atom. The van der Waals surface area contributed by atoms with Crippen molar-refractivity contribution in [3.8, 4) is 0 Å². The molecule has 2 unspecified atom stereocenters. The Morgan fingerprint density at radius 1 is 0.931 bits per heavy atom. The topological polar surface area (TPSA) is 0 Å². The smallest absolute Gasteiger partial charge is 0.00825 e. The summed E-state index contributed by atoms with van der Waals surface area (Å²) in [5.41, 5.74) is 5.18. The van der Waals surface area contributed by atoms with E-state index in [-0.39, 0.29) is 0 Å². The molecule has 0 aromatic rings. The van der Waals surface area contributed by atoms with E-state index in [9.17, 15) is 0 Å². The third-order valence-corrected chi connectivity index (χ3v) is 10.9. The minimum absolute atomic E-state index is 0.549. The predicted octanol–water partition coefficient (Wildman–Crippen LogP) is 9.20. The van der Waals surface area contributed by atoms with E-state index >= 15 is 0 Å². The van der Waals surface area contributed by atoms with E-state index in [0.717, 1.165) is 35.5 Å². The summed E-state index contributed by atoms with van der Waals surface area (Å²) in [4.78, 5) is 0. The maximum atomic E-state index is 2.72. The molecule has 0 aromatic carbocycles. The van der Waals surface area contributed by atoms with Crippen molar-refractivity contribution < 1.29 is 0 Å². The van der Waals surface area contributed by atoms with E-state index in [4.69, 9.17) is 0 Å². The highest BCUT2D eigenvalue weighted by molar-refractivity contribution is 5.34. The maximum Gasteiger partial charge on any atom is -0.00825 e. The molecule has 4 aliphatic rings. The lowest BCUT2D eigenvalue weighted by atomic mass is 9.48. The summed E-state index contributed by atoms with van der Waals surface area (Å²) in [7, 11) is 0. The van der Waals surface area contributed by atoms with E-state index in [1.807, 2.05) is 11.1 Å². The van der Waals surface area contributed by atoms with Crippen molar-refractivity contribution >= 4 is 0 Å². The predicted molar refractivity (Wildman–Crippen MR) is 127 cm³/mol. The molecule has 0 heterocycles. The molecule has 0 N–H and O–H groups in total. The van der Waals surface area contributed by atoms with Crippen molar-refractivity contribution in [2.24, 2.45) is 46.3 Å². The molecule has 0 heteroatoms. The number of rotatable bonds is 6. The lowest BCUT2D eigenvalue weighted by molar-refractivity contribution is -0.00976. The van der Waals surface area contributed by atoms with Gasteiger partial charge < -0.3 is 0 Å². The van der Waals surface area contributed by atoms with E-state index in [0.29, 0.717) is 10.8 Å². The van der Waals surface area contributed by atoms with Gasteiger partial charge in [-0.25, -0.2) is 0 Å². The van der Waals surface area contributed by atoms with Gasteiger partial charge in [0.25, 0.3) is 0 Å². The van der Waals surface area contributed by atoms with Crippen molar-refractivity contribution in [3.05, 3.63) is 11.1 Å². The highest BCUT2D eigenvalue weighted by Crippen LogP contribution is 2.66. The van der Waals surface area contributed by atoms with Gasteiger partial charge >= 0.3 is 0 Å². The normalized spacial score (nSPS) is 43.1. The van der Waals surface area contributed by atoms with Crippen molar-refractivity contribution in [1.29, 1.82) is 0 Å². The molecule has 0 aliphatic heterocycles. The maximum absolute atomic E-state index is 2.72. The van der Waals surface area contributed by atoms with Crippen LogP contribution in [0.25, 0.3) is 0 Å². The quantitative estimate of drug-likeness (QED) is 0.391. The third-order valence-electron chi connectivity index (χ3n) is 10.9. The zero-order valence-electron chi connectivity index (χ0n) is 20.7. The van der Waals surface area contributed by atoms with Crippen LogP contribution >= 0.6 is 0 Å². The number of fused-ring (bicyclic) bond motifs is 4. The molecule has 0 nitrogen and oxygen atoms in total. The second kappa shape index (κ2) is 8.35. The fourth-order valence-electron chi connectivity index (χ4n) is 8.95. The molecule has 0 spiro atoms. The van der Waals surface area contributed by atoms with Gasteiger partial charge in [-0.3, -0.25) is 0 Å². The minimum atomic E-state index is 0.549. The van der Waals surface area contributed by atoms with Gasteiger partial charge in [0.05, 0.1) is 0 Å². The standard InChI is InChI=1S/C29H50/c1-7-22-15-17-28(5)23(19-22)11-12-24-26-14-13-25(21(4)10-8-9-20(2)3)29(26,6)18-16-27(24)28/h20-23,25,27H,7-19H2,1-6H3/t21-,22?,23?,25-,27+,28+,29-/m1/s1. The minimum Gasteiger partial charge on any atom is -0.0668 e. The molecule has 0 radical (unpaired) electrons. The monoisotopic (exact) mass is 398 g/mol. The van der Waals surface area contributed by atoms with Crippen molar-refractivity contribution in [2.75, 3.05) is 0 Å². The number of hydrogen-bond donors (Lipinski definition) is 0. The summed E-state index contributed by atoms with van der Waals surface area (Å²) in [5.74, 6) is 5.73. The largest absolute Gasteiger partial charge is 0.0668 e. The second-order valence-electron chi connectivity index (χ2n) is 12.7. The molecule has 0 bridgehead atoms. The van der Waals surface area contributed by atoms with Crippen LogP contribution in [-0.4, -0.2) is 0 Å². The van der Waals surface area contributed by atoms with Crippen LogP contribution in [0.3, 0.4) is 0 Å². The molecule has 3 saturated carbocycles. The van der Waals surface area contributed by atoms with E-state index in [2.05, 4.69) is 41.5 Å². The second-order valence-corrected chi connectivity index (χ2v) is 12.7. The van der Waals surface area contributed by atoms with E-state index < -0.39 is 0 Å². The van der Waals surface area contributed by atoms with Gasteiger partial charge in [0, 0.05) is 0 Å². The first-order valence-corrected chi connectivity index (χ1v) is 13.5. The Bertz CT molecular complexity index is 612. The number of hydrogen-bond acceptors (Lipinski definition) is 0. The van der Waals surface area contributed by atoms with Gasteiger partial charge in [0.15, 0.2) is 0 Å². The van der Waals surface area contributed by atoms with Gasteiger partial charge in [-0.15, -0.1) is 0 Å². The molecule has 0 aromatic heterocycles. The molecule has 29 heavy (non-hydrogen) atoms. The van der Waals surface area contributed by atoms with Crippen LogP contribution in [0.1, 0.15) is 125 Å². The van der Waals surface area contributed by atoms with Crippen LogP contribution in [0.2, 0.25) is 0 Å². The van der Waals surface area contributed by atoms with Crippen molar-refractivity contribution in [3.63, 3.8) is 0 Å². The fraction of sp³-hybridized carbons (Fsp3) is 0.931. The molecular weight excluding hydrogens is 348 g/mol. The highest BCUT2D eigenvalue weighted by Gasteiger charge is 2.55. The van der Waals surface area contributed by atoms with Gasteiger partial charge in [-0.2, -0.15) is 0 Å². The Hall–Kier alpha value is -0.260. The van der Waals surface area contributed by atoms with Crippen molar-refractivity contribution in [2.45, 2.75) is 125 Å². The summed E-state index contributed by atoms with van der Waals surface area (Å²) >= 11 is 0. The summed E-state index contributed by atoms with van der Waals surface area (Å²) in [6.45, 7) is 15.2. The van der Waals surface area contributed by atoms with Crippen LogP contribution < -0.4 is 0 Å². The average molecular weight is 399 g/mol. The average Bonchev–Trinajstić information content (AvgIpc) is 3.04. The third kappa shape index (κ3) is 3.78. The van der Waals surface area contributed by atoms with E-state index in [1.54, 1.807) is 6.42 Å². The van der Waals surface area contributed by atoms with Gasteiger partial charge in [-0.1, -0.05) is 78.4 Å². The summed E-state index contributed by atoms with van der Waals surface area (Å²) in [6, 6.07) is 0. The first-order chi connectivity index (χ1) is 13.8. The molecule has 7 atom stereocenters. The molecular formula is C29H50. The van der Waals surface area contributed by atoms with Gasteiger partial charge in [-0.05, 0) is 104 Å². The molecule has 4 rings (SSSR count).